The van der Waals surface area contributed by atoms with Gasteiger partial charge in [-0.3, -0.25) is 14.6 Å². The predicted molar refractivity (Wildman–Crippen MR) is 88.0 cm³/mol. The van der Waals surface area contributed by atoms with Gasteiger partial charge >= 0.3 is 0 Å². The lowest BCUT2D eigenvalue weighted by atomic mass is 10.0. The van der Waals surface area contributed by atoms with Crippen LogP contribution in [0, 0.1) is 6.92 Å². The van der Waals surface area contributed by atoms with Crippen molar-refractivity contribution in [3.05, 3.63) is 77.9 Å². The van der Waals surface area contributed by atoms with E-state index in [0.29, 0.717) is 12.2 Å². The molecule has 23 heavy (non-hydrogen) atoms. The quantitative estimate of drug-likeness (QED) is 0.537. The lowest BCUT2D eigenvalue weighted by molar-refractivity contribution is 0.105. The number of aromatic nitrogens is 2. The molecular weight excluding hydrogens is 288 g/mol. The average Bonchev–Trinajstić information content (AvgIpc) is 2.92. The van der Waals surface area contributed by atoms with E-state index < -0.39 is 5.78 Å². The van der Waals surface area contributed by atoms with E-state index in [1.165, 1.54) is 6.29 Å². The molecule has 0 N–H and O–H groups in total. The number of aryl methyl sites for hydroxylation is 1. The molecule has 0 fully saturated rings. The maximum atomic E-state index is 12.2. The minimum Gasteiger partial charge on any atom is -0.337 e. The summed E-state index contributed by atoms with van der Waals surface area (Å²) in [5.74, 6) is -0.638. The van der Waals surface area contributed by atoms with Gasteiger partial charge in [-0.15, -0.1) is 0 Å². The molecule has 0 saturated carbocycles. The molecule has 3 aromatic rings. The molecule has 0 unspecified atom stereocenters. The minimum absolute atomic E-state index is 0.368. The van der Waals surface area contributed by atoms with Crippen LogP contribution < -0.4 is 0 Å². The average molecular weight is 303 g/mol. The van der Waals surface area contributed by atoms with Crippen molar-refractivity contribution in [3.63, 3.8) is 0 Å². The van der Waals surface area contributed by atoms with E-state index in [1.807, 2.05) is 60.0 Å². The van der Waals surface area contributed by atoms with Gasteiger partial charge in [-0.05, 0) is 30.2 Å². The van der Waals surface area contributed by atoms with Gasteiger partial charge in [0.15, 0.2) is 0 Å². The van der Waals surface area contributed by atoms with Gasteiger partial charge in [-0.1, -0.05) is 36.4 Å². The van der Waals surface area contributed by atoms with Gasteiger partial charge < -0.3 is 4.57 Å². The van der Waals surface area contributed by atoms with Crippen LogP contribution in [0.3, 0.4) is 0 Å². The minimum atomic E-state index is -0.638. The van der Waals surface area contributed by atoms with Crippen LogP contribution in [0.5, 0.6) is 0 Å². The van der Waals surface area contributed by atoms with Gasteiger partial charge in [-0.25, -0.2) is 0 Å². The van der Waals surface area contributed by atoms with Crippen molar-refractivity contribution in [1.82, 2.24) is 9.55 Å². The second-order valence-corrected chi connectivity index (χ2v) is 5.29. The Hall–Kier alpha value is -3.01. The maximum absolute atomic E-state index is 12.2. The van der Waals surface area contributed by atoms with Gasteiger partial charge in [0.25, 0.3) is 12.1 Å². The Balaban J connectivity index is 2.14. The van der Waals surface area contributed by atoms with Crippen molar-refractivity contribution in [2.45, 2.75) is 13.5 Å². The summed E-state index contributed by atoms with van der Waals surface area (Å²) in [6.07, 6.45) is 4.96. The van der Waals surface area contributed by atoms with Crippen molar-refractivity contribution in [2.75, 3.05) is 0 Å². The number of nitrogens with zero attached hydrogens (tertiary/aromatic N) is 2. The lowest BCUT2D eigenvalue weighted by Crippen LogP contribution is -2.13. The van der Waals surface area contributed by atoms with E-state index in [0.717, 1.165) is 22.4 Å². The molecule has 0 atom stereocenters. The smallest absolute Gasteiger partial charge is 0.279 e. The van der Waals surface area contributed by atoms with E-state index in [4.69, 9.17) is 0 Å². The van der Waals surface area contributed by atoms with Crippen molar-refractivity contribution >= 4 is 12.1 Å². The summed E-state index contributed by atoms with van der Waals surface area (Å²) in [5, 5.41) is 0. The largest absolute Gasteiger partial charge is 0.337 e. The highest BCUT2D eigenvalue weighted by Gasteiger charge is 2.21. The highest BCUT2D eigenvalue weighted by molar-refractivity contribution is 6.34. The van der Waals surface area contributed by atoms with Gasteiger partial charge in [0.1, 0.15) is 5.69 Å². The molecule has 0 spiro atoms. The van der Waals surface area contributed by atoms with E-state index in [-0.39, 0.29) is 0 Å². The summed E-state index contributed by atoms with van der Waals surface area (Å²) < 4.78 is 1.84. The van der Waals surface area contributed by atoms with Crippen LogP contribution in [0.2, 0.25) is 0 Å². The van der Waals surface area contributed by atoms with Gasteiger partial charge in [0.2, 0.25) is 0 Å². The van der Waals surface area contributed by atoms with Crippen molar-refractivity contribution < 1.29 is 9.59 Å². The Morgan fingerprint density at radius 1 is 1.17 bits per heavy atom. The van der Waals surface area contributed by atoms with Crippen molar-refractivity contribution in [3.8, 4) is 11.1 Å². The Bertz CT molecular complexity index is 837. The van der Waals surface area contributed by atoms with Crippen molar-refractivity contribution in [2.24, 2.45) is 0 Å². The lowest BCUT2D eigenvalue weighted by Gasteiger charge is -2.10. The van der Waals surface area contributed by atoms with Crippen molar-refractivity contribution in [1.29, 1.82) is 0 Å². The highest BCUT2D eigenvalue weighted by atomic mass is 16.2. The molecule has 0 amide bonds. The van der Waals surface area contributed by atoms with E-state index in [9.17, 15) is 9.59 Å². The highest BCUT2D eigenvalue weighted by Crippen LogP contribution is 2.28. The number of hydrogen-bond acceptors (Lipinski definition) is 3. The SMILES string of the molecule is Cc1cc(-c2ccccc2)c(C(=O)[C]=O)n1Cc1cccnc1. The zero-order chi connectivity index (χ0) is 16.2. The third-order valence-corrected chi connectivity index (χ3v) is 3.76. The fourth-order valence-corrected chi connectivity index (χ4v) is 2.69. The normalized spacial score (nSPS) is 10.5. The summed E-state index contributed by atoms with van der Waals surface area (Å²) in [6, 6.07) is 15.3. The molecule has 2 aromatic heterocycles. The number of pyridine rings is 1. The van der Waals surface area contributed by atoms with Crippen LogP contribution in [-0.2, 0) is 11.3 Å². The molecule has 1 radical (unpaired) electrons. The van der Waals surface area contributed by atoms with E-state index in [1.54, 1.807) is 12.4 Å². The summed E-state index contributed by atoms with van der Waals surface area (Å²) in [4.78, 5) is 27.3. The molecule has 113 valence electrons. The Kier molecular flexibility index (Phi) is 4.15. The van der Waals surface area contributed by atoms with Crippen LogP contribution in [0.1, 0.15) is 21.7 Å². The summed E-state index contributed by atoms with van der Waals surface area (Å²) in [5.41, 5.74) is 3.89. The summed E-state index contributed by atoms with van der Waals surface area (Å²) >= 11 is 0. The molecule has 0 aliphatic rings. The number of carbonyl (C=O) groups excluding carboxylic acids is 2. The van der Waals surface area contributed by atoms with Crippen LogP contribution >= 0.6 is 0 Å². The maximum Gasteiger partial charge on any atom is 0.279 e. The first-order valence-corrected chi connectivity index (χ1v) is 7.27. The monoisotopic (exact) mass is 303 g/mol. The number of ketones is 1. The van der Waals surface area contributed by atoms with Gasteiger partial charge in [-0.2, -0.15) is 0 Å². The molecule has 1 aromatic carbocycles. The third-order valence-electron chi connectivity index (χ3n) is 3.76. The number of benzene rings is 1. The van der Waals surface area contributed by atoms with Crippen LogP contribution in [-0.4, -0.2) is 21.6 Å². The first-order chi connectivity index (χ1) is 11.2. The second-order valence-electron chi connectivity index (χ2n) is 5.29. The third kappa shape index (κ3) is 2.97. The summed E-state index contributed by atoms with van der Waals surface area (Å²) in [7, 11) is 0. The Labute approximate surface area is 134 Å². The van der Waals surface area contributed by atoms with Crippen LogP contribution in [0.15, 0.2) is 60.9 Å². The number of carbonyl (C=O) groups is 1. The zero-order valence-electron chi connectivity index (χ0n) is 12.7. The van der Waals surface area contributed by atoms with Gasteiger partial charge in [0.05, 0.1) is 0 Å². The molecule has 4 heteroatoms. The van der Waals surface area contributed by atoms with Crippen LogP contribution in [0.25, 0.3) is 11.1 Å². The molecule has 0 aliphatic heterocycles. The first-order valence-electron chi connectivity index (χ1n) is 7.27. The number of hydrogen-bond donors (Lipinski definition) is 0. The molecule has 0 bridgehead atoms. The first kappa shape index (κ1) is 14.9. The molecule has 0 saturated heterocycles. The molecule has 3 rings (SSSR count). The predicted octanol–water partition coefficient (Wildman–Crippen LogP) is 3.20. The molecule has 2 heterocycles. The zero-order valence-corrected chi connectivity index (χ0v) is 12.7. The fraction of sp³-hybridized carbons (Fsp3) is 0.105. The molecular formula is C19H15N2O2. The number of Topliss-reactive ketones (excluding diaryl/α,β-unsaturated/α-hetero) is 1. The fourth-order valence-electron chi connectivity index (χ4n) is 2.69. The molecule has 0 aliphatic carbocycles. The van der Waals surface area contributed by atoms with E-state index >= 15 is 0 Å². The van der Waals surface area contributed by atoms with Gasteiger partial charge in [0, 0.05) is 30.2 Å². The summed E-state index contributed by atoms with van der Waals surface area (Å²) in [6.45, 7) is 2.40. The Morgan fingerprint density at radius 3 is 2.61 bits per heavy atom. The molecule has 4 nitrogen and oxygen atoms in total. The topological polar surface area (TPSA) is 52.0 Å². The van der Waals surface area contributed by atoms with Crippen LogP contribution in [0.4, 0.5) is 0 Å². The number of rotatable bonds is 5. The standard InChI is InChI=1S/C19H15N2O2/c1-14-10-17(16-7-3-2-4-8-16)19(18(23)13-22)21(14)12-15-6-5-9-20-11-15/h2-11H,12H2,1H3. The van der Waals surface area contributed by atoms with E-state index in [2.05, 4.69) is 4.98 Å². The second kappa shape index (κ2) is 6.40. The Morgan fingerprint density at radius 2 is 1.96 bits per heavy atom.